The van der Waals surface area contributed by atoms with E-state index in [0.717, 1.165) is 25.7 Å². The second-order valence-corrected chi connectivity index (χ2v) is 6.76. The maximum atomic E-state index is 12.4. The predicted molar refractivity (Wildman–Crippen MR) is 81.0 cm³/mol. The summed E-state index contributed by atoms with van der Waals surface area (Å²) >= 11 is 0. The van der Waals surface area contributed by atoms with E-state index in [1.807, 2.05) is 34.6 Å². The van der Waals surface area contributed by atoms with Crippen molar-refractivity contribution in [3.05, 3.63) is 0 Å². The molecule has 0 aliphatic carbocycles. The Hall–Kier alpha value is -1.26. The number of rotatable bonds is 4. The first-order valence-electron chi connectivity index (χ1n) is 7.89. The summed E-state index contributed by atoms with van der Waals surface area (Å²) in [6.45, 7) is 10.8. The first-order chi connectivity index (χ1) is 9.74. The molecule has 5 nitrogen and oxygen atoms in total. The molecule has 0 aromatic carbocycles. The number of nitrogens with zero attached hydrogens (tertiary/aromatic N) is 1. The van der Waals surface area contributed by atoms with Crippen molar-refractivity contribution in [1.82, 2.24) is 4.90 Å². The number of likely N-dealkylation sites (tertiary alicyclic amines) is 1. The summed E-state index contributed by atoms with van der Waals surface area (Å²) in [4.78, 5) is 26.3. The van der Waals surface area contributed by atoms with Gasteiger partial charge in [0.2, 0.25) is 0 Å². The van der Waals surface area contributed by atoms with Gasteiger partial charge in [0.25, 0.3) is 0 Å². The van der Waals surface area contributed by atoms with Crippen molar-refractivity contribution in [2.24, 2.45) is 5.41 Å². The summed E-state index contributed by atoms with van der Waals surface area (Å²) in [5.74, 6) is -0.180. The Morgan fingerprint density at radius 3 is 2.43 bits per heavy atom. The highest BCUT2D eigenvalue weighted by atomic mass is 16.6. The third kappa shape index (κ3) is 4.90. The van der Waals surface area contributed by atoms with Crippen LogP contribution < -0.4 is 0 Å². The van der Waals surface area contributed by atoms with Crippen LogP contribution in [0.5, 0.6) is 0 Å². The molecule has 1 amide bonds. The van der Waals surface area contributed by atoms with Crippen molar-refractivity contribution in [2.45, 2.75) is 65.9 Å². The fourth-order valence-electron chi connectivity index (χ4n) is 2.85. The quantitative estimate of drug-likeness (QED) is 0.747. The number of piperidine rings is 1. The fraction of sp³-hybridized carbons (Fsp3) is 0.875. The average Bonchev–Trinajstić information content (AvgIpc) is 2.37. The number of ether oxygens (including phenoxy) is 2. The first kappa shape index (κ1) is 17.8. The van der Waals surface area contributed by atoms with Gasteiger partial charge in [-0.05, 0) is 47.0 Å². The molecule has 0 radical (unpaired) electrons. The molecular formula is C16H29NO4. The topological polar surface area (TPSA) is 55.8 Å². The molecule has 0 aromatic rings. The molecule has 5 heteroatoms. The number of hydrogen-bond acceptors (Lipinski definition) is 4. The van der Waals surface area contributed by atoms with E-state index in [4.69, 9.17) is 9.47 Å². The third-order valence-corrected chi connectivity index (χ3v) is 3.67. The van der Waals surface area contributed by atoms with E-state index in [2.05, 4.69) is 0 Å². The first-order valence-corrected chi connectivity index (χ1v) is 7.89. The molecular weight excluding hydrogens is 270 g/mol. The van der Waals surface area contributed by atoms with Crippen molar-refractivity contribution >= 4 is 12.1 Å². The van der Waals surface area contributed by atoms with Crippen LogP contribution in [-0.2, 0) is 14.3 Å². The van der Waals surface area contributed by atoms with Crippen LogP contribution in [0.3, 0.4) is 0 Å². The standard InChI is InChI=1S/C16H29NO4/c1-6-9-16(13(18)20-7-2)10-8-11-17(12-16)14(19)21-15(3,4)5/h6-12H2,1-5H3. The summed E-state index contributed by atoms with van der Waals surface area (Å²) in [5, 5.41) is 0. The highest BCUT2D eigenvalue weighted by Gasteiger charge is 2.44. The Balaban J connectivity index is 2.83. The summed E-state index contributed by atoms with van der Waals surface area (Å²) in [6.07, 6.45) is 2.87. The Kier molecular flexibility index (Phi) is 6.05. The lowest BCUT2D eigenvalue weighted by molar-refractivity contribution is -0.159. The molecule has 21 heavy (non-hydrogen) atoms. The highest BCUT2D eigenvalue weighted by Crippen LogP contribution is 2.36. The van der Waals surface area contributed by atoms with E-state index >= 15 is 0 Å². The van der Waals surface area contributed by atoms with Gasteiger partial charge >= 0.3 is 12.1 Å². The summed E-state index contributed by atoms with van der Waals surface area (Å²) in [5.41, 5.74) is -1.09. The predicted octanol–water partition coefficient (Wildman–Crippen LogP) is 3.37. The minimum Gasteiger partial charge on any atom is -0.466 e. The normalized spacial score (nSPS) is 22.8. The maximum Gasteiger partial charge on any atom is 0.410 e. The van der Waals surface area contributed by atoms with Gasteiger partial charge in [-0.15, -0.1) is 0 Å². The SMILES string of the molecule is CCCC1(C(=O)OCC)CCCN(C(=O)OC(C)(C)C)C1. The third-order valence-electron chi connectivity index (χ3n) is 3.67. The molecule has 0 aromatic heterocycles. The van der Waals surface area contributed by atoms with Crippen molar-refractivity contribution in [3.8, 4) is 0 Å². The Labute approximate surface area is 128 Å². The number of carbonyl (C=O) groups is 2. The van der Waals surface area contributed by atoms with Crippen molar-refractivity contribution in [2.75, 3.05) is 19.7 Å². The molecule has 0 saturated carbocycles. The Bertz CT molecular complexity index is 371. The van der Waals surface area contributed by atoms with E-state index in [9.17, 15) is 9.59 Å². The van der Waals surface area contributed by atoms with Crippen molar-refractivity contribution in [3.63, 3.8) is 0 Å². The lowest BCUT2D eigenvalue weighted by atomic mass is 9.76. The van der Waals surface area contributed by atoms with Crippen LogP contribution in [-0.4, -0.2) is 42.3 Å². The molecule has 0 spiro atoms. The lowest BCUT2D eigenvalue weighted by Gasteiger charge is -2.41. The summed E-state index contributed by atoms with van der Waals surface area (Å²) < 4.78 is 10.7. The molecule has 0 N–H and O–H groups in total. The zero-order valence-electron chi connectivity index (χ0n) is 14.0. The van der Waals surface area contributed by atoms with Gasteiger partial charge in [0.15, 0.2) is 0 Å². The molecule has 1 saturated heterocycles. The second kappa shape index (κ2) is 7.14. The van der Waals surface area contributed by atoms with Gasteiger partial charge in [-0.3, -0.25) is 4.79 Å². The van der Waals surface area contributed by atoms with Crippen LogP contribution in [0, 0.1) is 5.41 Å². The molecule has 1 aliphatic heterocycles. The van der Waals surface area contributed by atoms with Crippen molar-refractivity contribution < 1.29 is 19.1 Å². The maximum absolute atomic E-state index is 12.4. The summed E-state index contributed by atoms with van der Waals surface area (Å²) in [7, 11) is 0. The molecule has 122 valence electrons. The van der Waals surface area contributed by atoms with Crippen LogP contribution in [0.2, 0.25) is 0 Å². The van der Waals surface area contributed by atoms with Crippen LogP contribution in [0.15, 0.2) is 0 Å². The van der Waals surface area contributed by atoms with Gasteiger partial charge < -0.3 is 14.4 Å². The molecule has 0 bridgehead atoms. The fourth-order valence-corrected chi connectivity index (χ4v) is 2.85. The van der Waals surface area contributed by atoms with Crippen molar-refractivity contribution in [1.29, 1.82) is 0 Å². The van der Waals surface area contributed by atoms with E-state index in [0.29, 0.717) is 19.7 Å². The van der Waals surface area contributed by atoms with Gasteiger partial charge in [-0.25, -0.2) is 4.79 Å². The zero-order valence-corrected chi connectivity index (χ0v) is 14.0. The zero-order chi connectivity index (χ0) is 16.1. The van der Waals surface area contributed by atoms with Gasteiger partial charge in [-0.1, -0.05) is 13.3 Å². The van der Waals surface area contributed by atoms with Crippen LogP contribution in [0.4, 0.5) is 4.79 Å². The molecule has 1 atom stereocenters. The van der Waals surface area contributed by atoms with Gasteiger partial charge in [0.05, 0.1) is 12.0 Å². The van der Waals surface area contributed by atoms with E-state index in [1.165, 1.54) is 0 Å². The molecule has 1 rings (SSSR count). The summed E-state index contributed by atoms with van der Waals surface area (Å²) in [6, 6.07) is 0. The Morgan fingerprint density at radius 1 is 1.24 bits per heavy atom. The monoisotopic (exact) mass is 299 g/mol. The number of amides is 1. The van der Waals surface area contributed by atoms with Crippen LogP contribution >= 0.6 is 0 Å². The minimum atomic E-state index is -0.570. The second-order valence-electron chi connectivity index (χ2n) is 6.76. The van der Waals surface area contributed by atoms with Crippen LogP contribution in [0.1, 0.15) is 60.3 Å². The number of hydrogen-bond donors (Lipinski definition) is 0. The van der Waals surface area contributed by atoms with Gasteiger partial charge in [0, 0.05) is 13.1 Å². The molecule has 1 aliphatic rings. The van der Waals surface area contributed by atoms with E-state index in [1.54, 1.807) is 4.90 Å². The minimum absolute atomic E-state index is 0.180. The highest BCUT2D eigenvalue weighted by molar-refractivity contribution is 5.78. The Morgan fingerprint density at radius 2 is 1.90 bits per heavy atom. The molecule has 1 fully saturated rings. The number of carbonyl (C=O) groups excluding carboxylic acids is 2. The van der Waals surface area contributed by atoms with Gasteiger partial charge in [-0.2, -0.15) is 0 Å². The number of esters is 1. The lowest BCUT2D eigenvalue weighted by Crippen LogP contribution is -2.51. The average molecular weight is 299 g/mol. The molecule has 1 unspecified atom stereocenters. The van der Waals surface area contributed by atoms with E-state index in [-0.39, 0.29) is 12.1 Å². The van der Waals surface area contributed by atoms with Gasteiger partial charge in [0.1, 0.15) is 5.60 Å². The van der Waals surface area contributed by atoms with E-state index < -0.39 is 11.0 Å². The largest absolute Gasteiger partial charge is 0.466 e. The molecule has 1 heterocycles. The smallest absolute Gasteiger partial charge is 0.410 e. The van der Waals surface area contributed by atoms with Crippen LogP contribution in [0.25, 0.3) is 0 Å².